The molecule has 0 aromatic heterocycles. The number of halogens is 6. The summed E-state index contributed by atoms with van der Waals surface area (Å²) in [5.41, 5.74) is -5.46. The Morgan fingerprint density at radius 3 is 1.86 bits per heavy atom. The van der Waals surface area contributed by atoms with Gasteiger partial charge < -0.3 is 45.1 Å². The standard InChI is InChI=1S/C27H23B2F6N3O11/c30-26(31,32)15-1-10(3-17-13(15)8-48-28(17)46)22(41)36-12-5-20(23(42)37-19(25(44)45)6-21(39)40)38(7-12)24(43)11-2-16(27(33,34)35)14-9-49-29(47)18(14)4-11/h1-4,12,19-20,46-47H,5-9H2,(H,36,41)(H,37,42)(H,39,40)(H,44,45)/t12-,19-,20-/m0/s1. The quantitative estimate of drug-likeness (QED) is 0.149. The van der Waals surface area contributed by atoms with Gasteiger partial charge in [0.05, 0.1) is 30.8 Å². The number of aliphatic carboxylic acids is 2. The third-order valence-electron chi connectivity index (χ3n) is 8.19. The number of likely N-dealkylation sites (tertiary alicyclic amines) is 1. The second kappa shape index (κ2) is 13.0. The number of nitrogens with one attached hydrogen (secondary N) is 2. The summed E-state index contributed by atoms with van der Waals surface area (Å²) in [6.45, 7) is -1.87. The number of carbonyl (C=O) groups excluding carboxylic acids is 3. The fourth-order valence-corrected chi connectivity index (χ4v) is 5.91. The molecule has 0 saturated carbocycles. The van der Waals surface area contributed by atoms with E-state index in [2.05, 4.69) is 5.32 Å². The molecule has 3 heterocycles. The molecule has 0 radical (unpaired) electrons. The van der Waals surface area contributed by atoms with Crippen LogP contribution >= 0.6 is 0 Å². The minimum Gasteiger partial charge on any atom is -0.481 e. The zero-order valence-corrected chi connectivity index (χ0v) is 24.6. The van der Waals surface area contributed by atoms with Gasteiger partial charge >= 0.3 is 38.5 Å². The summed E-state index contributed by atoms with van der Waals surface area (Å²) in [5.74, 6) is -7.10. The number of hydrogen-bond acceptors (Lipinski definition) is 9. The molecule has 3 atom stereocenters. The van der Waals surface area contributed by atoms with E-state index in [1.807, 2.05) is 5.32 Å². The number of fused-ring (bicyclic) bond motifs is 2. The molecular formula is C27H23B2F6N3O11. The van der Waals surface area contributed by atoms with E-state index in [9.17, 15) is 65.5 Å². The number of carboxylic acid groups (broad SMARTS) is 2. The number of carboxylic acids is 2. The largest absolute Gasteiger partial charge is 0.491 e. The van der Waals surface area contributed by atoms with Crippen LogP contribution in [-0.2, 0) is 49.3 Å². The van der Waals surface area contributed by atoms with Gasteiger partial charge in [-0.3, -0.25) is 19.2 Å². The van der Waals surface area contributed by atoms with Gasteiger partial charge in [0.15, 0.2) is 0 Å². The molecule has 1 fully saturated rings. The summed E-state index contributed by atoms with van der Waals surface area (Å²) in [7, 11) is -3.61. The molecule has 6 N–H and O–H groups in total. The first-order chi connectivity index (χ1) is 22.8. The number of alkyl halides is 6. The lowest BCUT2D eigenvalue weighted by Gasteiger charge is -2.26. The smallest absolute Gasteiger partial charge is 0.481 e. The maximum absolute atomic E-state index is 13.9. The van der Waals surface area contributed by atoms with E-state index in [1.165, 1.54) is 0 Å². The van der Waals surface area contributed by atoms with E-state index in [4.69, 9.17) is 14.4 Å². The van der Waals surface area contributed by atoms with Gasteiger partial charge in [-0.15, -0.1) is 0 Å². The number of carbonyl (C=O) groups is 5. The Balaban J connectivity index is 1.48. The maximum atomic E-state index is 13.9. The second-order valence-corrected chi connectivity index (χ2v) is 11.4. The maximum Gasteiger partial charge on any atom is 0.491 e. The highest BCUT2D eigenvalue weighted by Crippen LogP contribution is 2.36. The van der Waals surface area contributed by atoms with Crippen molar-refractivity contribution in [2.24, 2.45) is 0 Å². The Morgan fingerprint density at radius 2 is 1.37 bits per heavy atom. The highest BCUT2D eigenvalue weighted by Gasteiger charge is 2.45. The van der Waals surface area contributed by atoms with Crippen molar-refractivity contribution in [2.45, 2.75) is 56.5 Å². The highest BCUT2D eigenvalue weighted by atomic mass is 19.4. The van der Waals surface area contributed by atoms with Gasteiger partial charge in [-0.1, -0.05) is 0 Å². The van der Waals surface area contributed by atoms with Crippen LogP contribution in [0.3, 0.4) is 0 Å². The molecule has 1 saturated heterocycles. The van der Waals surface area contributed by atoms with Gasteiger partial charge in [0.1, 0.15) is 12.1 Å². The Labute approximate surface area is 271 Å². The predicted molar refractivity (Wildman–Crippen MR) is 150 cm³/mol. The number of benzene rings is 2. The fraction of sp³-hybridized carbons (Fsp3) is 0.370. The van der Waals surface area contributed by atoms with Gasteiger partial charge in [-0.25, -0.2) is 4.79 Å². The van der Waals surface area contributed by atoms with E-state index < -0.39 is 140 Å². The van der Waals surface area contributed by atoms with E-state index in [1.54, 1.807) is 0 Å². The van der Waals surface area contributed by atoms with Crippen LogP contribution in [0.5, 0.6) is 0 Å². The Kier molecular flexibility index (Phi) is 9.45. The van der Waals surface area contributed by atoms with Crippen molar-refractivity contribution in [3.05, 3.63) is 57.6 Å². The number of hydrogen-bond donors (Lipinski definition) is 6. The summed E-state index contributed by atoms with van der Waals surface area (Å²) >= 11 is 0. The topological polar surface area (TPSA) is 212 Å². The summed E-state index contributed by atoms with van der Waals surface area (Å²) in [6, 6.07) is -2.24. The molecule has 3 amide bonds. The Bertz CT molecular complexity index is 1740. The number of nitrogens with zero attached hydrogens (tertiary/aromatic N) is 1. The molecule has 0 aliphatic carbocycles. The molecule has 2 aromatic carbocycles. The minimum absolute atomic E-state index is 0.332. The van der Waals surface area contributed by atoms with Crippen LogP contribution in [0.15, 0.2) is 24.3 Å². The lowest BCUT2D eigenvalue weighted by atomic mass is 9.77. The second-order valence-electron chi connectivity index (χ2n) is 11.4. The van der Waals surface area contributed by atoms with Crippen molar-refractivity contribution in [3.8, 4) is 0 Å². The Morgan fingerprint density at radius 1 is 0.857 bits per heavy atom. The van der Waals surface area contributed by atoms with E-state index in [-0.39, 0.29) is 10.9 Å². The minimum atomic E-state index is -5.03. The SMILES string of the molecule is O=C(O)C[C@H](NC(=O)[C@@H]1C[C@H](NC(=O)c2cc3c(c(C(F)(F)F)c2)COB3O)CN1C(=O)c1cc2c(c(C(F)(F)F)c1)COB2O)C(=O)O. The molecule has 22 heteroatoms. The van der Waals surface area contributed by atoms with Crippen LogP contribution < -0.4 is 21.6 Å². The third-order valence-corrected chi connectivity index (χ3v) is 8.19. The number of rotatable bonds is 8. The van der Waals surface area contributed by atoms with Crippen molar-refractivity contribution >= 4 is 54.8 Å². The molecule has 2 aromatic rings. The monoisotopic (exact) mass is 701 g/mol. The van der Waals surface area contributed by atoms with Crippen LogP contribution in [0.1, 0.15) is 55.8 Å². The molecule has 260 valence electrons. The van der Waals surface area contributed by atoms with Gasteiger partial charge in [0.25, 0.3) is 11.8 Å². The van der Waals surface area contributed by atoms with Crippen LogP contribution in [0.4, 0.5) is 26.3 Å². The summed E-state index contributed by atoms with van der Waals surface area (Å²) in [4.78, 5) is 63.6. The van der Waals surface area contributed by atoms with Crippen molar-refractivity contribution in [3.63, 3.8) is 0 Å². The average molecular weight is 701 g/mol. The number of amides is 3. The predicted octanol–water partition coefficient (Wildman–Crippen LogP) is -0.783. The van der Waals surface area contributed by atoms with E-state index in [0.29, 0.717) is 17.0 Å². The van der Waals surface area contributed by atoms with Crippen molar-refractivity contribution in [1.82, 2.24) is 15.5 Å². The summed E-state index contributed by atoms with van der Waals surface area (Å²) in [5, 5.41) is 42.8. The summed E-state index contributed by atoms with van der Waals surface area (Å²) in [6.07, 6.45) is -11.6. The van der Waals surface area contributed by atoms with E-state index in [0.717, 1.165) is 12.1 Å². The molecule has 0 bridgehead atoms. The zero-order valence-electron chi connectivity index (χ0n) is 24.6. The van der Waals surface area contributed by atoms with Gasteiger partial charge in [0, 0.05) is 23.7 Å². The van der Waals surface area contributed by atoms with Crippen LogP contribution in [0, 0.1) is 0 Å². The lowest BCUT2D eigenvalue weighted by Crippen LogP contribution is -2.51. The highest BCUT2D eigenvalue weighted by molar-refractivity contribution is 6.62. The molecule has 14 nitrogen and oxygen atoms in total. The van der Waals surface area contributed by atoms with Crippen molar-refractivity contribution in [2.75, 3.05) is 6.54 Å². The summed E-state index contributed by atoms with van der Waals surface area (Å²) < 4.78 is 92.8. The molecule has 0 spiro atoms. The normalized spacial score (nSPS) is 19.4. The van der Waals surface area contributed by atoms with Crippen LogP contribution in [-0.4, -0.2) is 93.7 Å². The molecule has 5 rings (SSSR count). The molecule has 3 aliphatic rings. The van der Waals surface area contributed by atoms with Crippen molar-refractivity contribution < 1.29 is 79.9 Å². The molecule has 49 heavy (non-hydrogen) atoms. The van der Waals surface area contributed by atoms with Gasteiger partial charge in [-0.05, 0) is 52.7 Å². The Hall–Kier alpha value is -4.66. The van der Waals surface area contributed by atoms with Crippen LogP contribution in [0.2, 0.25) is 0 Å². The molecule has 3 aliphatic heterocycles. The zero-order chi connectivity index (χ0) is 36.2. The van der Waals surface area contributed by atoms with Crippen molar-refractivity contribution in [1.29, 1.82) is 0 Å². The lowest BCUT2D eigenvalue weighted by molar-refractivity contribution is -0.147. The van der Waals surface area contributed by atoms with Crippen LogP contribution in [0.25, 0.3) is 0 Å². The first-order valence-electron chi connectivity index (χ1n) is 14.2. The average Bonchev–Trinajstić information content (AvgIpc) is 3.71. The van der Waals surface area contributed by atoms with E-state index >= 15 is 0 Å². The first-order valence-corrected chi connectivity index (χ1v) is 14.2. The third kappa shape index (κ3) is 7.21. The molecular weight excluding hydrogens is 678 g/mol. The molecule has 0 unspecified atom stereocenters. The first kappa shape index (κ1) is 35.6. The van der Waals surface area contributed by atoms with Gasteiger partial charge in [-0.2, -0.15) is 26.3 Å². The fourth-order valence-electron chi connectivity index (χ4n) is 5.91. The van der Waals surface area contributed by atoms with Gasteiger partial charge in [0.2, 0.25) is 5.91 Å².